The van der Waals surface area contributed by atoms with Gasteiger partial charge in [-0.15, -0.1) is 0 Å². The van der Waals surface area contributed by atoms with Gasteiger partial charge in [0.25, 0.3) is 0 Å². The fourth-order valence-electron chi connectivity index (χ4n) is 3.02. The number of ether oxygens (including phenoxy) is 1. The van der Waals surface area contributed by atoms with Gasteiger partial charge in [0.05, 0.1) is 4.90 Å². The van der Waals surface area contributed by atoms with Crippen LogP contribution in [0.1, 0.15) is 39.7 Å². The van der Waals surface area contributed by atoms with Crippen molar-refractivity contribution >= 4 is 10.0 Å². The zero-order valence-electron chi connectivity index (χ0n) is 13.7. The summed E-state index contributed by atoms with van der Waals surface area (Å²) in [5, 5.41) is 0. The van der Waals surface area contributed by atoms with Crippen LogP contribution in [0.5, 0.6) is 5.75 Å². The molecule has 0 spiro atoms. The van der Waals surface area contributed by atoms with E-state index >= 15 is 0 Å². The summed E-state index contributed by atoms with van der Waals surface area (Å²) < 4.78 is 33.7. The minimum absolute atomic E-state index is 0.0937. The van der Waals surface area contributed by atoms with E-state index in [1.807, 2.05) is 13.8 Å². The second-order valence-corrected chi connectivity index (χ2v) is 8.55. The molecule has 0 aromatic heterocycles. The predicted octanol–water partition coefficient (Wildman–Crippen LogP) is 2.05. The van der Waals surface area contributed by atoms with Crippen LogP contribution in [-0.2, 0) is 16.4 Å². The first kappa shape index (κ1) is 17.2. The van der Waals surface area contributed by atoms with E-state index in [9.17, 15) is 8.42 Å². The number of rotatable bonds is 6. The van der Waals surface area contributed by atoms with Crippen LogP contribution >= 0.6 is 0 Å². The van der Waals surface area contributed by atoms with Gasteiger partial charge in [-0.3, -0.25) is 0 Å². The molecule has 0 aliphatic carbocycles. The summed E-state index contributed by atoms with van der Waals surface area (Å²) in [4.78, 5) is 0.271. The van der Waals surface area contributed by atoms with Gasteiger partial charge in [0.15, 0.2) is 0 Å². The number of hydrogen-bond acceptors (Lipinski definition) is 4. The first-order valence-electron chi connectivity index (χ1n) is 7.69. The molecule has 2 atom stereocenters. The summed E-state index contributed by atoms with van der Waals surface area (Å²) in [6, 6.07) is 5.02. The molecule has 1 aliphatic rings. The molecule has 3 N–H and O–H groups in total. The number of benzene rings is 1. The van der Waals surface area contributed by atoms with E-state index < -0.39 is 15.6 Å². The number of sulfonamides is 1. The maximum Gasteiger partial charge on any atom is 0.241 e. The molecule has 0 fully saturated rings. The molecule has 124 valence electrons. The van der Waals surface area contributed by atoms with E-state index in [4.69, 9.17) is 10.5 Å². The highest BCUT2D eigenvalue weighted by molar-refractivity contribution is 7.89. The van der Waals surface area contributed by atoms with Crippen LogP contribution in [0.2, 0.25) is 0 Å². The maximum absolute atomic E-state index is 12.7. The molecule has 0 bridgehead atoms. The lowest BCUT2D eigenvalue weighted by atomic mass is 9.92. The Labute approximate surface area is 133 Å². The molecule has 1 aliphatic heterocycles. The van der Waals surface area contributed by atoms with Crippen LogP contribution in [0.25, 0.3) is 0 Å². The molecule has 0 amide bonds. The standard InChI is InChI=1S/C16H26N2O3S/c1-11(2)9-16(4,10-17)18-22(19,20)14-5-6-15-13(8-14)7-12(3)21-15/h5-6,8,11-12,18H,7,9-10,17H2,1-4H3. The number of hydrogen-bond donors (Lipinski definition) is 2. The van der Waals surface area contributed by atoms with Gasteiger partial charge in [-0.1, -0.05) is 13.8 Å². The number of fused-ring (bicyclic) bond motifs is 1. The normalized spacial score (nSPS) is 20.5. The topological polar surface area (TPSA) is 81.4 Å². The molecule has 1 heterocycles. The van der Waals surface area contributed by atoms with Gasteiger partial charge < -0.3 is 10.5 Å². The van der Waals surface area contributed by atoms with Crippen molar-refractivity contribution in [2.45, 2.75) is 57.1 Å². The lowest BCUT2D eigenvalue weighted by Crippen LogP contribution is -2.51. The van der Waals surface area contributed by atoms with Gasteiger partial charge in [-0.05, 0) is 49.9 Å². The van der Waals surface area contributed by atoms with Crippen molar-refractivity contribution in [3.63, 3.8) is 0 Å². The van der Waals surface area contributed by atoms with Crippen molar-refractivity contribution < 1.29 is 13.2 Å². The third-order valence-electron chi connectivity index (χ3n) is 3.87. The van der Waals surface area contributed by atoms with Crippen LogP contribution in [0.15, 0.2) is 23.1 Å². The first-order chi connectivity index (χ1) is 10.1. The fraction of sp³-hybridized carbons (Fsp3) is 0.625. The minimum Gasteiger partial charge on any atom is -0.490 e. The SMILES string of the molecule is CC(C)CC(C)(CN)NS(=O)(=O)c1ccc2c(c1)CC(C)O2. The summed E-state index contributed by atoms with van der Waals surface area (Å²) in [6.45, 7) is 8.19. The third kappa shape index (κ3) is 3.80. The smallest absolute Gasteiger partial charge is 0.241 e. The molecular weight excluding hydrogens is 300 g/mol. The van der Waals surface area contributed by atoms with Crippen molar-refractivity contribution in [3.05, 3.63) is 23.8 Å². The Morgan fingerprint density at radius 2 is 2.14 bits per heavy atom. The Hall–Kier alpha value is -1.11. The molecule has 0 radical (unpaired) electrons. The average Bonchev–Trinajstić information content (AvgIpc) is 2.76. The molecule has 2 rings (SSSR count). The van der Waals surface area contributed by atoms with E-state index in [1.165, 1.54) is 0 Å². The monoisotopic (exact) mass is 326 g/mol. The van der Waals surface area contributed by atoms with Crippen LogP contribution in [0.4, 0.5) is 0 Å². The lowest BCUT2D eigenvalue weighted by molar-refractivity contribution is 0.254. The summed E-state index contributed by atoms with van der Waals surface area (Å²) >= 11 is 0. The van der Waals surface area contributed by atoms with E-state index in [1.54, 1.807) is 18.2 Å². The molecule has 5 nitrogen and oxygen atoms in total. The molecule has 22 heavy (non-hydrogen) atoms. The molecule has 6 heteroatoms. The minimum atomic E-state index is -3.60. The Morgan fingerprint density at radius 1 is 1.45 bits per heavy atom. The van der Waals surface area contributed by atoms with Gasteiger partial charge in [-0.2, -0.15) is 0 Å². The van der Waals surface area contributed by atoms with Crippen molar-refractivity contribution in [3.8, 4) is 5.75 Å². The molecule has 1 aromatic carbocycles. The quantitative estimate of drug-likeness (QED) is 0.838. The zero-order valence-corrected chi connectivity index (χ0v) is 14.5. The van der Waals surface area contributed by atoms with Crippen molar-refractivity contribution in [2.75, 3.05) is 6.54 Å². The van der Waals surface area contributed by atoms with Gasteiger partial charge in [0, 0.05) is 18.5 Å². The van der Waals surface area contributed by atoms with Crippen LogP contribution in [-0.4, -0.2) is 26.6 Å². The second-order valence-electron chi connectivity index (χ2n) is 6.87. The Bertz CT molecular complexity index is 643. The van der Waals surface area contributed by atoms with E-state index in [-0.39, 0.29) is 17.5 Å². The molecule has 0 saturated heterocycles. The van der Waals surface area contributed by atoms with Crippen LogP contribution in [0.3, 0.4) is 0 Å². The second kappa shape index (κ2) is 6.18. The predicted molar refractivity (Wildman–Crippen MR) is 87.5 cm³/mol. The number of nitrogens with two attached hydrogens (primary N) is 1. The highest BCUT2D eigenvalue weighted by Gasteiger charge is 2.31. The van der Waals surface area contributed by atoms with Gasteiger partial charge >= 0.3 is 0 Å². The molecule has 1 aromatic rings. The van der Waals surface area contributed by atoms with Crippen LogP contribution in [0, 0.1) is 5.92 Å². The summed E-state index contributed by atoms with van der Waals surface area (Å²) in [5.74, 6) is 1.13. The van der Waals surface area contributed by atoms with Crippen molar-refractivity contribution in [2.24, 2.45) is 11.7 Å². The third-order valence-corrected chi connectivity index (χ3v) is 5.50. The summed E-state index contributed by atoms with van der Waals surface area (Å²) in [6.07, 6.45) is 1.52. The Kier molecular flexibility index (Phi) is 4.84. The van der Waals surface area contributed by atoms with Gasteiger partial charge in [0.2, 0.25) is 10.0 Å². The molecular formula is C16H26N2O3S. The molecule has 0 saturated carbocycles. The highest BCUT2D eigenvalue weighted by atomic mass is 32.2. The Morgan fingerprint density at radius 3 is 2.73 bits per heavy atom. The van der Waals surface area contributed by atoms with E-state index in [0.717, 1.165) is 17.7 Å². The maximum atomic E-state index is 12.7. The van der Waals surface area contributed by atoms with Gasteiger partial charge in [-0.25, -0.2) is 13.1 Å². The average molecular weight is 326 g/mol. The summed E-state index contributed by atoms with van der Waals surface area (Å²) in [5.41, 5.74) is 6.10. The molecule has 2 unspecified atom stereocenters. The van der Waals surface area contributed by atoms with Crippen LogP contribution < -0.4 is 15.2 Å². The summed E-state index contributed by atoms with van der Waals surface area (Å²) in [7, 11) is -3.60. The largest absolute Gasteiger partial charge is 0.490 e. The van der Waals surface area contributed by atoms with Gasteiger partial charge in [0.1, 0.15) is 11.9 Å². The van der Waals surface area contributed by atoms with E-state index in [0.29, 0.717) is 12.3 Å². The number of nitrogens with one attached hydrogen (secondary N) is 1. The highest BCUT2D eigenvalue weighted by Crippen LogP contribution is 2.31. The van der Waals surface area contributed by atoms with Crippen molar-refractivity contribution in [1.29, 1.82) is 0 Å². The fourth-order valence-corrected chi connectivity index (χ4v) is 4.49. The first-order valence-corrected chi connectivity index (χ1v) is 9.17. The van der Waals surface area contributed by atoms with Crippen molar-refractivity contribution in [1.82, 2.24) is 4.72 Å². The Balaban J connectivity index is 2.26. The lowest BCUT2D eigenvalue weighted by Gasteiger charge is -2.30. The van der Waals surface area contributed by atoms with E-state index in [2.05, 4.69) is 18.6 Å². The zero-order chi connectivity index (χ0) is 16.5.